The summed E-state index contributed by atoms with van der Waals surface area (Å²) in [7, 11) is 1.18. The summed E-state index contributed by atoms with van der Waals surface area (Å²) >= 11 is 0. The van der Waals surface area contributed by atoms with Gasteiger partial charge < -0.3 is 14.7 Å². The Bertz CT molecular complexity index is 687. The van der Waals surface area contributed by atoms with E-state index in [1.165, 1.54) is 24.1 Å². The van der Waals surface area contributed by atoms with Crippen LogP contribution in [0, 0.1) is 21.4 Å². The number of methoxy groups -OCH3 is 1. The highest BCUT2D eigenvalue weighted by molar-refractivity contribution is 6.02. The van der Waals surface area contributed by atoms with Crippen LogP contribution in [0.15, 0.2) is 17.7 Å². The standard InChI is InChI=1S/C15H17N3O5/c1-4-17(5-2)15(20)11(9-16)8-10-6-7-12(19)14(23-3)13(10)18(21)22/h6-8,19H,4-5H2,1-3H3/b11-8+. The van der Waals surface area contributed by atoms with Crippen LogP contribution in [-0.2, 0) is 4.79 Å². The van der Waals surface area contributed by atoms with Crippen molar-refractivity contribution >= 4 is 17.7 Å². The molecule has 0 spiro atoms. The fraction of sp³-hybridized carbons (Fsp3) is 0.333. The van der Waals surface area contributed by atoms with Crippen molar-refractivity contribution in [3.8, 4) is 17.6 Å². The highest BCUT2D eigenvalue weighted by atomic mass is 16.6. The zero-order chi connectivity index (χ0) is 17.6. The number of benzene rings is 1. The Labute approximate surface area is 133 Å². The first-order valence-corrected chi connectivity index (χ1v) is 6.86. The van der Waals surface area contributed by atoms with E-state index in [0.717, 1.165) is 6.08 Å². The number of ether oxygens (including phenoxy) is 1. The maximum absolute atomic E-state index is 12.2. The molecule has 0 radical (unpaired) electrons. The number of phenols is 1. The molecule has 8 nitrogen and oxygen atoms in total. The molecule has 0 bridgehead atoms. The molecule has 1 aromatic rings. The predicted molar refractivity (Wildman–Crippen MR) is 82.8 cm³/mol. The van der Waals surface area contributed by atoms with Crippen molar-refractivity contribution in [3.63, 3.8) is 0 Å². The lowest BCUT2D eigenvalue weighted by Crippen LogP contribution is -2.31. The maximum atomic E-state index is 12.2. The molecule has 23 heavy (non-hydrogen) atoms. The van der Waals surface area contributed by atoms with Crippen LogP contribution in [0.4, 0.5) is 5.69 Å². The summed E-state index contributed by atoms with van der Waals surface area (Å²) in [6.07, 6.45) is 1.13. The van der Waals surface area contributed by atoms with Gasteiger partial charge in [0.15, 0.2) is 5.75 Å². The van der Waals surface area contributed by atoms with Crippen LogP contribution in [0.1, 0.15) is 19.4 Å². The fourth-order valence-electron chi connectivity index (χ4n) is 2.06. The van der Waals surface area contributed by atoms with Crippen LogP contribution in [0.25, 0.3) is 6.08 Å². The highest BCUT2D eigenvalue weighted by Gasteiger charge is 2.25. The van der Waals surface area contributed by atoms with Crippen LogP contribution in [0.2, 0.25) is 0 Å². The lowest BCUT2D eigenvalue weighted by Gasteiger charge is -2.17. The second-order valence-electron chi connectivity index (χ2n) is 4.46. The lowest BCUT2D eigenvalue weighted by atomic mass is 10.1. The monoisotopic (exact) mass is 319 g/mol. The van der Waals surface area contributed by atoms with Crippen LogP contribution in [0.3, 0.4) is 0 Å². The average Bonchev–Trinajstić information content (AvgIpc) is 2.53. The topological polar surface area (TPSA) is 117 Å². The summed E-state index contributed by atoms with van der Waals surface area (Å²) in [4.78, 5) is 24.2. The van der Waals surface area contributed by atoms with Crippen molar-refractivity contribution in [2.75, 3.05) is 20.2 Å². The zero-order valence-electron chi connectivity index (χ0n) is 13.1. The molecule has 0 heterocycles. The van der Waals surface area contributed by atoms with Crippen molar-refractivity contribution < 1.29 is 19.6 Å². The smallest absolute Gasteiger partial charge is 0.322 e. The Morgan fingerprint density at radius 1 is 1.48 bits per heavy atom. The van der Waals surface area contributed by atoms with Crippen LogP contribution < -0.4 is 4.74 Å². The summed E-state index contributed by atoms with van der Waals surface area (Å²) < 4.78 is 4.84. The van der Waals surface area contributed by atoms with E-state index in [4.69, 9.17) is 4.74 Å². The molecule has 0 fully saturated rings. The van der Waals surface area contributed by atoms with Crippen LogP contribution >= 0.6 is 0 Å². The molecular weight excluding hydrogens is 302 g/mol. The highest BCUT2D eigenvalue weighted by Crippen LogP contribution is 2.39. The normalized spacial score (nSPS) is 10.8. The number of phenolic OH excluding ortho intramolecular Hbond substituents is 1. The maximum Gasteiger partial charge on any atom is 0.322 e. The largest absolute Gasteiger partial charge is 0.504 e. The third-order valence-electron chi connectivity index (χ3n) is 3.23. The van der Waals surface area contributed by atoms with E-state index in [1.807, 2.05) is 0 Å². The third-order valence-corrected chi connectivity index (χ3v) is 3.23. The number of rotatable bonds is 6. The van der Waals surface area contributed by atoms with E-state index in [1.54, 1.807) is 19.9 Å². The number of amides is 1. The number of nitro groups is 1. The third kappa shape index (κ3) is 3.77. The van der Waals surface area contributed by atoms with E-state index in [0.29, 0.717) is 13.1 Å². The molecule has 0 aliphatic heterocycles. The summed E-state index contributed by atoms with van der Waals surface area (Å²) in [5, 5.41) is 30.1. The number of carbonyl (C=O) groups is 1. The lowest BCUT2D eigenvalue weighted by molar-refractivity contribution is -0.386. The van der Waals surface area contributed by atoms with Crippen molar-refractivity contribution in [1.82, 2.24) is 4.90 Å². The Balaban J connectivity index is 3.48. The first-order chi connectivity index (χ1) is 10.9. The summed E-state index contributed by atoms with van der Waals surface area (Å²) in [6, 6.07) is 4.22. The number of nitriles is 1. The zero-order valence-corrected chi connectivity index (χ0v) is 13.1. The van der Waals surface area contributed by atoms with E-state index < -0.39 is 22.3 Å². The van der Waals surface area contributed by atoms with Gasteiger partial charge in [-0.05, 0) is 32.1 Å². The Kier molecular flexibility index (Phi) is 6.09. The van der Waals surface area contributed by atoms with Crippen molar-refractivity contribution in [2.24, 2.45) is 0 Å². The Morgan fingerprint density at radius 3 is 2.52 bits per heavy atom. The van der Waals surface area contributed by atoms with Gasteiger partial charge in [-0.2, -0.15) is 5.26 Å². The number of carbonyl (C=O) groups excluding carboxylic acids is 1. The van der Waals surface area contributed by atoms with Gasteiger partial charge in [-0.25, -0.2) is 0 Å². The molecule has 1 rings (SSSR count). The van der Waals surface area contributed by atoms with Gasteiger partial charge in [0.05, 0.1) is 17.6 Å². The molecule has 0 aliphatic rings. The summed E-state index contributed by atoms with van der Waals surface area (Å²) in [6.45, 7) is 4.36. The van der Waals surface area contributed by atoms with Gasteiger partial charge in [0.2, 0.25) is 5.75 Å². The number of nitrogens with zero attached hydrogens (tertiary/aromatic N) is 3. The molecular formula is C15H17N3O5. The molecule has 0 aromatic heterocycles. The molecule has 1 amide bonds. The minimum absolute atomic E-state index is 0.00158. The number of hydrogen-bond donors (Lipinski definition) is 1. The molecule has 0 atom stereocenters. The molecule has 0 aliphatic carbocycles. The second-order valence-corrected chi connectivity index (χ2v) is 4.46. The van der Waals surface area contributed by atoms with Gasteiger partial charge in [0.1, 0.15) is 11.6 Å². The summed E-state index contributed by atoms with van der Waals surface area (Å²) in [5.41, 5.74) is -0.737. The number of aromatic hydroxyl groups is 1. The van der Waals surface area contributed by atoms with E-state index >= 15 is 0 Å². The van der Waals surface area contributed by atoms with Crippen molar-refractivity contribution in [1.29, 1.82) is 5.26 Å². The van der Waals surface area contributed by atoms with Gasteiger partial charge in [0, 0.05) is 13.1 Å². The fourth-order valence-corrected chi connectivity index (χ4v) is 2.06. The summed E-state index contributed by atoms with van der Waals surface area (Å²) in [5.74, 6) is -1.24. The number of likely N-dealkylation sites (N-methyl/N-ethyl adjacent to an activating group) is 1. The molecule has 1 aromatic carbocycles. The van der Waals surface area contributed by atoms with Crippen molar-refractivity contribution in [2.45, 2.75) is 13.8 Å². The Morgan fingerprint density at radius 2 is 2.09 bits per heavy atom. The van der Waals surface area contributed by atoms with Gasteiger partial charge in [-0.3, -0.25) is 14.9 Å². The average molecular weight is 319 g/mol. The van der Waals surface area contributed by atoms with Gasteiger partial charge >= 0.3 is 5.69 Å². The number of nitro benzene ring substituents is 1. The first-order valence-electron chi connectivity index (χ1n) is 6.86. The second kappa shape index (κ2) is 7.79. The minimum Gasteiger partial charge on any atom is -0.504 e. The minimum atomic E-state index is -0.735. The van der Waals surface area contributed by atoms with E-state index in [-0.39, 0.29) is 16.9 Å². The van der Waals surface area contributed by atoms with E-state index in [9.17, 15) is 25.3 Å². The van der Waals surface area contributed by atoms with Crippen LogP contribution in [0.5, 0.6) is 11.5 Å². The molecule has 122 valence electrons. The quantitative estimate of drug-likeness (QED) is 0.371. The Hall–Kier alpha value is -3.08. The van der Waals surface area contributed by atoms with E-state index in [2.05, 4.69) is 0 Å². The van der Waals surface area contributed by atoms with Crippen molar-refractivity contribution in [3.05, 3.63) is 33.4 Å². The molecule has 0 unspecified atom stereocenters. The molecule has 0 saturated carbocycles. The SMILES string of the molecule is CCN(CC)C(=O)/C(C#N)=C/c1ccc(O)c(OC)c1[N+](=O)[O-]. The van der Waals surface area contributed by atoms with Gasteiger partial charge in [-0.1, -0.05) is 0 Å². The van der Waals surface area contributed by atoms with Crippen LogP contribution in [-0.4, -0.2) is 41.0 Å². The molecule has 0 saturated heterocycles. The number of hydrogen-bond acceptors (Lipinski definition) is 6. The molecule has 1 N–H and O–H groups in total. The first kappa shape index (κ1) is 18.0. The molecule has 8 heteroatoms. The van der Waals surface area contributed by atoms with Gasteiger partial charge in [-0.15, -0.1) is 0 Å². The van der Waals surface area contributed by atoms with Gasteiger partial charge in [0.25, 0.3) is 5.91 Å². The predicted octanol–water partition coefficient (Wildman–Crippen LogP) is 2.08.